The number of hydrogen-bond donors (Lipinski definition) is 2. The zero-order valence-corrected chi connectivity index (χ0v) is 31.7. The molecule has 3 N–H and O–H groups in total. The van der Waals surface area contributed by atoms with Crippen LogP contribution >= 0.6 is 34.8 Å². The Morgan fingerprint density at radius 3 is 1.67 bits per heavy atom. The Hall–Kier alpha value is -4.10. The van der Waals surface area contributed by atoms with Crippen LogP contribution in [0.4, 0.5) is 11.6 Å². The summed E-state index contributed by atoms with van der Waals surface area (Å²) in [5.74, 6) is -0.429. The molecule has 0 aliphatic carbocycles. The number of aromatic nitrogens is 4. The minimum atomic E-state index is -0.486. The molecule has 0 spiro atoms. The molecule has 0 bridgehead atoms. The van der Waals surface area contributed by atoms with Crippen molar-refractivity contribution in [2.45, 2.75) is 60.8 Å². The number of aryl methyl sites for hydroxylation is 4. The van der Waals surface area contributed by atoms with Gasteiger partial charge >= 0.3 is 11.9 Å². The van der Waals surface area contributed by atoms with E-state index in [4.69, 9.17) is 50.0 Å². The number of carbonyl (C=O) groups excluding carboxylic acids is 4. The number of ether oxygens (including phenoxy) is 2. The molecule has 51 heavy (non-hydrogen) atoms. The molecule has 4 aromatic rings. The van der Waals surface area contributed by atoms with Gasteiger partial charge in [0.05, 0.1) is 31.0 Å². The van der Waals surface area contributed by atoms with Gasteiger partial charge in [-0.3, -0.25) is 19.0 Å². The highest BCUT2D eigenvalue weighted by molar-refractivity contribution is 6.63. The van der Waals surface area contributed by atoms with Gasteiger partial charge in [-0.2, -0.15) is 10.2 Å². The maximum Gasteiger partial charge on any atom is 0.343 e. The highest BCUT2D eigenvalue weighted by Gasteiger charge is 2.24. The molecule has 280 valence electrons. The minimum absolute atomic E-state index is 0. The molecule has 0 atom stereocenters. The topological polar surface area (TPSA) is 160 Å². The first-order valence-corrected chi connectivity index (χ1v) is 16.6. The van der Waals surface area contributed by atoms with E-state index >= 15 is 0 Å². The van der Waals surface area contributed by atoms with Gasteiger partial charge in [-0.1, -0.05) is 68.7 Å². The number of benzene rings is 2. The predicted octanol–water partition coefficient (Wildman–Crippen LogP) is 4.02. The molecule has 0 unspecified atom stereocenters. The zero-order chi connectivity index (χ0) is 36.7. The second kappa shape index (κ2) is 23.4. The van der Waals surface area contributed by atoms with E-state index in [1.54, 1.807) is 64.3 Å². The second-order valence-corrected chi connectivity index (χ2v) is 11.6. The average molecular weight is 788 g/mol. The molecule has 0 fully saturated rings. The monoisotopic (exact) mass is 785 g/mol. The number of nitrogens with zero attached hydrogens (tertiary/aromatic N) is 4. The van der Waals surface area contributed by atoms with Crippen molar-refractivity contribution in [3.63, 3.8) is 0 Å². The summed E-state index contributed by atoms with van der Waals surface area (Å²) < 4.78 is 12.9. The van der Waals surface area contributed by atoms with E-state index in [0.717, 1.165) is 11.1 Å². The van der Waals surface area contributed by atoms with Crippen LogP contribution in [-0.2, 0) is 58.8 Å². The fourth-order valence-electron chi connectivity index (χ4n) is 4.47. The fraction of sp³-hybridized carbons (Fsp3) is 0.371. The number of nitrogens with two attached hydrogens (primary N) is 1. The molecule has 12 nitrogen and oxygen atoms in total. The summed E-state index contributed by atoms with van der Waals surface area (Å²) in [6.45, 7) is 7.91. The normalized spacial score (nSPS) is 9.82. The van der Waals surface area contributed by atoms with Crippen molar-refractivity contribution >= 4 is 69.5 Å². The number of nitrogen functional groups attached to an aromatic ring is 1. The van der Waals surface area contributed by atoms with Gasteiger partial charge in [-0.15, -0.1) is 0 Å². The van der Waals surface area contributed by atoms with Gasteiger partial charge in [0.15, 0.2) is 0 Å². The van der Waals surface area contributed by atoms with Crippen LogP contribution in [-0.4, -0.2) is 55.9 Å². The average Bonchev–Trinajstić information content (AvgIpc) is 3.51. The van der Waals surface area contributed by atoms with Crippen LogP contribution < -0.4 is 23.5 Å². The van der Waals surface area contributed by atoms with Gasteiger partial charge in [0.25, 0.3) is 0 Å². The number of anilines is 2. The molecule has 2 aromatic heterocycles. The van der Waals surface area contributed by atoms with Crippen molar-refractivity contribution in [1.82, 2.24) is 19.6 Å². The lowest BCUT2D eigenvalue weighted by atomic mass is 10.1. The standard InChI is InChI=1S/C17H20ClN3O3.C9H15N3O2.C8H6Cl2O.CH4.ClH/c1-4-13-15(17(23)24-5-2)16(21(3)20-13)19-14(22)10-11-7-6-8-12(18)9-11;1-4-6-7(9(13)14-5-2)8(10)12(3)11-6;9-7-3-1-2-6(4-7)5-8(10)11;;/h6-9H,4-5,10H2,1-3H3,(H,19,22);4-5,10H2,1-3H3;1-4H,5H2;1H4;1H/p-1. The third-order valence-corrected chi connectivity index (χ3v) is 7.26. The number of esters is 2. The fourth-order valence-corrected chi connectivity index (χ4v) is 5.05. The zero-order valence-electron chi connectivity index (χ0n) is 28.7. The van der Waals surface area contributed by atoms with Gasteiger partial charge < -0.3 is 32.9 Å². The van der Waals surface area contributed by atoms with Crippen LogP contribution in [0.5, 0.6) is 0 Å². The second-order valence-electron chi connectivity index (χ2n) is 10.3. The Bertz CT molecular complexity index is 1760. The first-order chi connectivity index (χ1) is 23.3. The third kappa shape index (κ3) is 14.6. The van der Waals surface area contributed by atoms with Crippen molar-refractivity contribution in [1.29, 1.82) is 0 Å². The number of carbonyl (C=O) groups is 4. The molecule has 2 heterocycles. The van der Waals surface area contributed by atoms with E-state index in [2.05, 4.69) is 15.5 Å². The van der Waals surface area contributed by atoms with E-state index in [-0.39, 0.29) is 50.4 Å². The highest BCUT2D eigenvalue weighted by Crippen LogP contribution is 2.22. The Kier molecular flexibility index (Phi) is 21.5. The maximum absolute atomic E-state index is 12.3. The number of hydrogen-bond acceptors (Lipinski definition) is 9. The molecule has 4 rings (SSSR count). The van der Waals surface area contributed by atoms with E-state index in [0.29, 0.717) is 63.6 Å². The van der Waals surface area contributed by atoms with Crippen LogP contribution in [0.2, 0.25) is 10.0 Å². The van der Waals surface area contributed by atoms with Crippen LogP contribution in [0.1, 0.15) is 78.4 Å². The molecule has 2 aromatic carbocycles. The number of halogens is 4. The minimum Gasteiger partial charge on any atom is -1.00 e. The Morgan fingerprint density at radius 1 is 0.765 bits per heavy atom. The van der Waals surface area contributed by atoms with E-state index in [1.807, 2.05) is 26.0 Å². The van der Waals surface area contributed by atoms with Crippen molar-refractivity contribution < 1.29 is 41.1 Å². The van der Waals surface area contributed by atoms with Crippen molar-refractivity contribution in [3.05, 3.63) is 92.2 Å². The first-order valence-electron chi connectivity index (χ1n) is 15.4. The molecule has 0 saturated carbocycles. The Labute approximate surface area is 320 Å². The van der Waals surface area contributed by atoms with Crippen molar-refractivity contribution in [2.75, 3.05) is 24.3 Å². The Morgan fingerprint density at radius 2 is 1.22 bits per heavy atom. The summed E-state index contributed by atoms with van der Waals surface area (Å²) in [6, 6.07) is 14.2. The highest BCUT2D eigenvalue weighted by atomic mass is 35.5. The summed E-state index contributed by atoms with van der Waals surface area (Å²) in [6.07, 6.45) is 1.61. The SMILES string of the molecule is C.CCOC(=O)c1c(CC)nn(C)c1N.CCOC(=O)c1c(CC)nn(C)c1NC(=O)Cc1cccc(Cl)c1.O=C(Cl)Cc1cccc(Cl)c1.[Cl-]. The molecule has 1 amide bonds. The Balaban J connectivity index is 0.000000790. The summed E-state index contributed by atoms with van der Waals surface area (Å²) in [5.41, 5.74) is 9.32. The largest absolute Gasteiger partial charge is 1.00 e. The number of amides is 1. The van der Waals surface area contributed by atoms with Gasteiger partial charge in [0, 0.05) is 30.6 Å². The molecule has 0 radical (unpaired) electrons. The molecule has 0 saturated heterocycles. The summed E-state index contributed by atoms with van der Waals surface area (Å²) in [4.78, 5) is 46.5. The summed E-state index contributed by atoms with van der Waals surface area (Å²) in [5, 5.41) is 12.0. The lowest BCUT2D eigenvalue weighted by molar-refractivity contribution is -0.115. The van der Waals surface area contributed by atoms with E-state index < -0.39 is 11.9 Å². The van der Waals surface area contributed by atoms with E-state index in [9.17, 15) is 19.2 Å². The van der Waals surface area contributed by atoms with Gasteiger partial charge in [-0.05, 0) is 73.7 Å². The summed E-state index contributed by atoms with van der Waals surface area (Å²) in [7, 11) is 3.38. The van der Waals surface area contributed by atoms with Gasteiger partial charge in [0.1, 0.15) is 22.8 Å². The maximum atomic E-state index is 12.3. The molecule has 0 aliphatic rings. The first kappa shape index (κ1) is 46.9. The van der Waals surface area contributed by atoms with Crippen LogP contribution in [0.15, 0.2) is 48.5 Å². The molecule has 16 heteroatoms. The predicted molar refractivity (Wildman–Crippen MR) is 198 cm³/mol. The molecule has 0 aliphatic heterocycles. The van der Waals surface area contributed by atoms with E-state index in [1.165, 1.54) is 9.36 Å². The van der Waals surface area contributed by atoms with Crippen LogP contribution in [0.25, 0.3) is 0 Å². The lowest BCUT2D eigenvalue weighted by Gasteiger charge is -2.09. The number of nitrogens with one attached hydrogen (secondary N) is 1. The smallest absolute Gasteiger partial charge is 0.343 e. The van der Waals surface area contributed by atoms with Gasteiger partial charge in [-0.25, -0.2) is 9.59 Å². The van der Waals surface area contributed by atoms with Crippen molar-refractivity contribution in [2.24, 2.45) is 14.1 Å². The van der Waals surface area contributed by atoms with Crippen LogP contribution in [0, 0.1) is 0 Å². The number of rotatable bonds is 11. The lowest BCUT2D eigenvalue weighted by Crippen LogP contribution is -3.00. The summed E-state index contributed by atoms with van der Waals surface area (Å²) >= 11 is 16.8. The molecular weight excluding hydrogens is 742 g/mol. The third-order valence-electron chi connectivity index (χ3n) is 6.66. The molecular formula is C35H45Cl4N6O6-. The van der Waals surface area contributed by atoms with Crippen LogP contribution in [0.3, 0.4) is 0 Å². The van der Waals surface area contributed by atoms with Gasteiger partial charge in [0.2, 0.25) is 11.1 Å². The quantitative estimate of drug-likeness (QED) is 0.169. The van der Waals surface area contributed by atoms with Crippen molar-refractivity contribution in [3.8, 4) is 0 Å².